The molecule has 1 N–H and O–H groups in total. The maximum absolute atomic E-state index is 12.6. The first-order valence-electron chi connectivity index (χ1n) is 7.56. The number of ketones is 1. The minimum atomic E-state index is -1.45. The molecular weight excluding hydrogens is 304 g/mol. The summed E-state index contributed by atoms with van der Waals surface area (Å²) in [5, 5.41) is 2.56. The zero-order valence-corrected chi connectivity index (χ0v) is 13.8. The van der Waals surface area contributed by atoms with E-state index in [9.17, 15) is 19.2 Å². The van der Waals surface area contributed by atoms with Crippen molar-refractivity contribution in [3.63, 3.8) is 0 Å². The number of amides is 2. The molecule has 1 unspecified atom stereocenters. The quantitative estimate of drug-likeness (QED) is 0.570. The highest BCUT2D eigenvalue weighted by Gasteiger charge is 2.59. The van der Waals surface area contributed by atoms with Gasteiger partial charge >= 0.3 is 12.1 Å². The largest absolute Gasteiger partial charge is 0.465 e. The smallest absolute Gasteiger partial charge is 0.410 e. The molecule has 0 radical (unpaired) electrons. The number of hydrogen-bond donors (Lipinski definition) is 1. The Bertz CT molecular complexity index is 545. The van der Waals surface area contributed by atoms with Crippen molar-refractivity contribution in [1.29, 1.82) is 0 Å². The first kappa shape index (κ1) is 17.2. The summed E-state index contributed by atoms with van der Waals surface area (Å²) in [5.74, 6) is -3.43. The molecule has 1 atom stereocenters. The molecule has 23 heavy (non-hydrogen) atoms. The summed E-state index contributed by atoms with van der Waals surface area (Å²) in [6, 6.07) is 0. The molecule has 0 aliphatic carbocycles. The Hall–Kier alpha value is -2.12. The van der Waals surface area contributed by atoms with E-state index in [4.69, 9.17) is 9.47 Å². The molecule has 0 aromatic rings. The number of ether oxygens (including phenoxy) is 2. The Labute approximate surface area is 134 Å². The molecule has 1 spiro atoms. The van der Waals surface area contributed by atoms with Gasteiger partial charge in [-0.2, -0.15) is 0 Å². The van der Waals surface area contributed by atoms with Crippen molar-refractivity contribution in [3.8, 4) is 0 Å². The summed E-state index contributed by atoms with van der Waals surface area (Å²) in [7, 11) is 0. The molecule has 2 rings (SSSR count). The molecule has 2 fully saturated rings. The molecule has 2 amide bonds. The molecule has 8 heteroatoms. The van der Waals surface area contributed by atoms with E-state index in [0.29, 0.717) is 0 Å². The van der Waals surface area contributed by atoms with E-state index >= 15 is 0 Å². The molecular formula is C15H22N2O6. The summed E-state index contributed by atoms with van der Waals surface area (Å²) in [6.07, 6.45) is -0.513. The minimum Gasteiger partial charge on any atom is -0.465 e. The average molecular weight is 326 g/mol. The lowest BCUT2D eigenvalue weighted by atomic mass is 9.69. The summed E-state index contributed by atoms with van der Waals surface area (Å²) in [6.45, 7) is 7.31. The zero-order valence-electron chi connectivity index (χ0n) is 13.8. The molecule has 0 saturated carbocycles. The van der Waals surface area contributed by atoms with E-state index in [1.165, 1.54) is 4.90 Å². The number of nitrogens with one attached hydrogen (secondary N) is 1. The number of carbonyl (C=O) groups excluding carboxylic acids is 4. The van der Waals surface area contributed by atoms with Crippen LogP contribution in [0.4, 0.5) is 4.79 Å². The van der Waals surface area contributed by atoms with E-state index in [1.807, 2.05) is 0 Å². The number of rotatable bonds is 2. The van der Waals surface area contributed by atoms with Gasteiger partial charge < -0.3 is 19.7 Å². The van der Waals surface area contributed by atoms with E-state index in [2.05, 4.69) is 5.32 Å². The highest BCUT2D eigenvalue weighted by molar-refractivity contribution is 6.20. The van der Waals surface area contributed by atoms with Gasteiger partial charge in [0.15, 0.2) is 11.7 Å². The van der Waals surface area contributed by atoms with Crippen molar-refractivity contribution in [2.24, 2.45) is 11.3 Å². The third-order valence-electron chi connectivity index (χ3n) is 3.81. The molecule has 0 aromatic heterocycles. The second kappa shape index (κ2) is 5.82. The lowest BCUT2D eigenvalue weighted by Crippen LogP contribution is -2.71. The Balaban J connectivity index is 2.05. The first-order valence-corrected chi connectivity index (χ1v) is 7.56. The van der Waals surface area contributed by atoms with Crippen molar-refractivity contribution >= 4 is 23.8 Å². The number of esters is 1. The van der Waals surface area contributed by atoms with Crippen LogP contribution in [0.1, 0.15) is 27.7 Å². The highest BCUT2D eigenvalue weighted by atomic mass is 16.6. The zero-order chi connectivity index (χ0) is 17.4. The lowest BCUT2D eigenvalue weighted by molar-refractivity contribution is -0.165. The van der Waals surface area contributed by atoms with Crippen LogP contribution in [0, 0.1) is 11.3 Å². The fraction of sp³-hybridized carbons (Fsp3) is 0.733. The maximum Gasteiger partial charge on any atom is 0.410 e. The van der Waals surface area contributed by atoms with Crippen LogP contribution < -0.4 is 5.32 Å². The van der Waals surface area contributed by atoms with Crippen LogP contribution >= 0.6 is 0 Å². The predicted molar refractivity (Wildman–Crippen MR) is 78.4 cm³/mol. The third kappa shape index (κ3) is 3.30. The van der Waals surface area contributed by atoms with Gasteiger partial charge in [-0.25, -0.2) is 4.79 Å². The van der Waals surface area contributed by atoms with Gasteiger partial charge in [-0.05, 0) is 27.7 Å². The second-order valence-corrected chi connectivity index (χ2v) is 6.88. The summed E-state index contributed by atoms with van der Waals surface area (Å²) >= 11 is 0. The van der Waals surface area contributed by atoms with E-state index < -0.39 is 40.7 Å². The van der Waals surface area contributed by atoms with Crippen LogP contribution in [0.15, 0.2) is 0 Å². The number of likely N-dealkylation sites (tertiary alicyclic amines) is 1. The van der Waals surface area contributed by atoms with Crippen molar-refractivity contribution in [1.82, 2.24) is 10.2 Å². The van der Waals surface area contributed by atoms with Gasteiger partial charge in [0.25, 0.3) is 0 Å². The molecule has 2 heterocycles. The summed E-state index contributed by atoms with van der Waals surface area (Å²) in [4.78, 5) is 49.6. The van der Waals surface area contributed by atoms with Gasteiger partial charge in [0.05, 0.1) is 12.0 Å². The van der Waals surface area contributed by atoms with Crippen LogP contribution in [0.3, 0.4) is 0 Å². The van der Waals surface area contributed by atoms with Gasteiger partial charge in [-0.15, -0.1) is 0 Å². The van der Waals surface area contributed by atoms with Crippen LogP contribution in [-0.4, -0.2) is 60.5 Å². The van der Waals surface area contributed by atoms with Gasteiger partial charge in [0, 0.05) is 19.6 Å². The van der Waals surface area contributed by atoms with Crippen LogP contribution in [-0.2, 0) is 23.9 Å². The van der Waals surface area contributed by atoms with Crippen LogP contribution in [0.2, 0.25) is 0 Å². The first-order chi connectivity index (χ1) is 10.6. The topological polar surface area (TPSA) is 102 Å². The molecule has 128 valence electrons. The van der Waals surface area contributed by atoms with E-state index in [-0.39, 0.29) is 26.2 Å². The lowest BCUT2D eigenvalue weighted by Gasteiger charge is -2.51. The van der Waals surface area contributed by atoms with Crippen molar-refractivity contribution in [3.05, 3.63) is 0 Å². The van der Waals surface area contributed by atoms with Crippen LogP contribution in [0.5, 0.6) is 0 Å². The third-order valence-corrected chi connectivity index (χ3v) is 3.81. The second-order valence-electron chi connectivity index (χ2n) is 6.88. The fourth-order valence-corrected chi connectivity index (χ4v) is 2.72. The average Bonchev–Trinajstić information content (AvgIpc) is 2.35. The number of nitrogens with zero attached hydrogens (tertiary/aromatic N) is 1. The highest BCUT2D eigenvalue weighted by Crippen LogP contribution is 2.37. The van der Waals surface area contributed by atoms with Crippen molar-refractivity contribution in [2.75, 3.05) is 26.2 Å². The fourth-order valence-electron chi connectivity index (χ4n) is 2.72. The van der Waals surface area contributed by atoms with E-state index in [0.717, 1.165) is 0 Å². The normalized spacial score (nSPS) is 23.1. The number of piperidine rings is 1. The minimum absolute atomic E-state index is 0.0902. The van der Waals surface area contributed by atoms with Crippen LogP contribution in [0.25, 0.3) is 0 Å². The molecule has 2 aliphatic rings. The number of hydrogen-bond acceptors (Lipinski definition) is 6. The van der Waals surface area contributed by atoms with Gasteiger partial charge in [0.1, 0.15) is 5.60 Å². The van der Waals surface area contributed by atoms with Crippen molar-refractivity contribution < 1.29 is 28.7 Å². The number of Topliss-reactive ketones (excluding diaryl/α,β-unsaturated/α-hetero) is 1. The maximum atomic E-state index is 12.6. The molecule has 2 saturated heterocycles. The summed E-state index contributed by atoms with van der Waals surface area (Å²) in [5.41, 5.74) is -1.56. The van der Waals surface area contributed by atoms with Gasteiger partial charge in [-0.3, -0.25) is 14.4 Å². The summed E-state index contributed by atoms with van der Waals surface area (Å²) < 4.78 is 10.0. The molecule has 2 aliphatic heterocycles. The molecule has 0 bridgehead atoms. The Morgan fingerprint density at radius 2 is 1.91 bits per heavy atom. The van der Waals surface area contributed by atoms with Crippen molar-refractivity contribution in [2.45, 2.75) is 33.3 Å². The molecule has 8 nitrogen and oxygen atoms in total. The van der Waals surface area contributed by atoms with Gasteiger partial charge in [0.2, 0.25) is 5.91 Å². The number of carbonyl (C=O) groups is 4. The standard InChI is InChI=1S/C15H22N2O6/c1-5-22-12(20)9-10(18)15(6-16-11(9)19)7-17(8-15)13(21)23-14(2,3)4/h9H,5-8H2,1-4H3,(H,16,19). The Morgan fingerprint density at radius 1 is 1.30 bits per heavy atom. The Kier molecular flexibility index (Phi) is 4.37. The van der Waals surface area contributed by atoms with Gasteiger partial charge in [-0.1, -0.05) is 0 Å². The van der Waals surface area contributed by atoms with E-state index in [1.54, 1.807) is 27.7 Å². The Morgan fingerprint density at radius 3 is 2.43 bits per heavy atom. The monoisotopic (exact) mass is 326 g/mol. The predicted octanol–water partition coefficient (Wildman–Crippen LogP) is 0.102. The molecule has 0 aromatic carbocycles. The SMILES string of the molecule is CCOC(=O)C1C(=O)NCC2(CN(C(=O)OC(C)(C)C)C2)C1=O.